The number of anilines is 2. The molecule has 0 unspecified atom stereocenters. The summed E-state index contributed by atoms with van der Waals surface area (Å²) in [4.78, 5) is 51.7. The Balaban J connectivity index is 1.28. The number of carbonyl (C=O) groups is 4. The molecule has 0 saturated carbocycles. The summed E-state index contributed by atoms with van der Waals surface area (Å²) < 4.78 is 11.3. The monoisotopic (exact) mass is 615 g/mol. The van der Waals surface area contributed by atoms with Gasteiger partial charge in [0, 0.05) is 5.69 Å². The number of nitrogens with one attached hydrogen (secondary N) is 2. The fraction of sp³-hybridized carbons (Fsp3) is 0.0625. The molecule has 0 radical (unpaired) electrons. The van der Waals surface area contributed by atoms with Gasteiger partial charge in [-0.05, 0) is 65.7 Å². The van der Waals surface area contributed by atoms with E-state index in [-0.39, 0.29) is 33.7 Å². The minimum absolute atomic E-state index is 0.0505. The third kappa shape index (κ3) is 7.21. The first kappa shape index (κ1) is 29.4. The molecule has 4 aromatic rings. The van der Waals surface area contributed by atoms with Crippen LogP contribution in [-0.4, -0.2) is 30.4 Å². The molecular weight excluding hydrogens is 593 g/mol. The lowest BCUT2D eigenvalue weighted by atomic mass is 10.1. The molecule has 0 bridgehead atoms. The number of imide groups is 2. The molecule has 43 heavy (non-hydrogen) atoms. The Morgan fingerprint density at radius 1 is 0.837 bits per heavy atom. The van der Waals surface area contributed by atoms with Gasteiger partial charge in [0.25, 0.3) is 17.7 Å². The molecule has 0 spiro atoms. The summed E-state index contributed by atoms with van der Waals surface area (Å²) >= 11 is 12.7. The second kappa shape index (κ2) is 13.2. The molecule has 1 aliphatic heterocycles. The van der Waals surface area contributed by atoms with E-state index in [1.54, 1.807) is 48.5 Å². The topological polar surface area (TPSA) is 114 Å². The van der Waals surface area contributed by atoms with Gasteiger partial charge in [-0.2, -0.15) is 0 Å². The van der Waals surface area contributed by atoms with Crippen LogP contribution in [0.25, 0.3) is 6.08 Å². The van der Waals surface area contributed by atoms with Crippen molar-refractivity contribution < 1.29 is 28.7 Å². The Morgan fingerprint density at radius 3 is 2.12 bits per heavy atom. The van der Waals surface area contributed by atoms with Crippen molar-refractivity contribution in [3.05, 3.63) is 124 Å². The smallest absolute Gasteiger partial charge is 0.335 e. The molecule has 0 atom stereocenters. The van der Waals surface area contributed by atoms with Gasteiger partial charge in [0.1, 0.15) is 17.9 Å². The summed E-state index contributed by atoms with van der Waals surface area (Å²) in [6.45, 7) is -0.0106. The molecule has 216 valence electrons. The lowest BCUT2D eigenvalue weighted by Gasteiger charge is -2.26. The van der Waals surface area contributed by atoms with Gasteiger partial charge in [0.15, 0.2) is 12.4 Å². The van der Waals surface area contributed by atoms with Crippen LogP contribution >= 0.6 is 23.2 Å². The molecule has 2 N–H and O–H groups in total. The van der Waals surface area contributed by atoms with E-state index in [1.165, 1.54) is 18.2 Å². The number of hydrogen-bond donors (Lipinski definition) is 2. The van der Waals surface area contributed by atoms with Crippen LogP contribution in [0.15, 0.2) is 103 Å². The van der Waals surface area contributed by atoms with Crippen LogP contribution in [0.3, 0.4) is 0 Å². The maximum absolute atomic E-state index is 13.3. The van der Waals surface area contributed by atoms with E-state index in [0.717, 1.165) is 10.5 Å². The highest BCUT2D eigenvalue weighted by Gasteiger charge is 2.37. The lowest BCUT2D eigenvalue weighted by Crippen LogP contribution is -2.54. The molecule has 0 aromatic heterocycles. The number of barbiturate groups is 1. The van der Waals surface area contributed by atoms with Gasteiger partial charge in [-0.3, -0.25) is 19.7 Å². The number of nitrogens with zero attached hydrogens (tertiary/aromatic N) is 1. The Hall–Kier alpha value is -5.12. The van der Waals surface area contributed by atoms with Gasteiger partial charge in [-0.25, -0.2) is 9.69 Å². The predicted octanol–water partition coefficient (Wildman–Crippen LogP) is 6.26. The number of rotatable bonds is 9. The zero-order valence-electron chi connectivity index (χ0n) is 22.4. The number of carbonyl (C=O) groups excluding carboxylic acids is 4. The molecule has 1 aliphatic rings. The van der Waals surface area contributed by atoms with Crippen molar-refractivity contribution in [1.82, 2.24) is 5.32 Å². The number of amides is 5. The fourth-order valence-corrected chi connectivity index (χ4v) is 4.76. The van der Waals surface area contributed by atoms with Crippen molar-refractivity contribution >= 4 is 64.4 Å². The van der Waals surface area contributed by atoms with Crippen molar-refractivity contribution in [2.75, 3.05) is 16.8 Å². The van der Waals surface area contributed by atoms with Crippen LogP contribution in [0.2, 0.25) is 10.0 Å². The van der Waals surface area contributed by atoms with Gasteiger partial charge in [0.2, 0.25) is 0 Å². The zero-order chi connectivity index (χ0) is 30.3. The highest BCUT2D eigenvalue weighted by Crippen LogP contribution is 2.35. The molecule has 11 heteroatoms. The number of ether oxygens (including phenoxy) is 2. The van der Waals surface area contributed by atoms with Gasteiger partial charge < -0.3 is 14.8 Å². The van der Waals surface area contributed by atoms with Gasteiger partial charge in [-0.15, -0.1) is 0 Å². The van der Waals surface area contributed by atoms with E-state index in [9.17, 15) is 19.2 Å². The number of halogens is 2. The molecule has 1 heterocycles. The SMILES string of the molecule is O=C(COc1c(Cl)cc(/C=C2/C(=O)NC(=O)N(c3ccc(OCc4ccccc4)cc3)C2=O)cc1Cl)Nc1ccccc1. The molecule has 9 nitrogen and oxygen atoms in total. The predicted molar refractivity (Wildman–Crippen MR) is 163 cm³/mol. The van der Waals surface area contributed by atoms with Crippen LogP contribution < -0.4 is 25.0 Å². The van der Waals surface area contributed by atoms with Crippen molar-refractivity contribution in [2.24, 2.45) is 0 Å². The molecule has 0 aliphatic carbocycles. The largest absolute Gasteiger partial charge is 0.489 e. The summed E-state index contributed by atoms with van der Waals surface area (Å²) in [7, 11) is 0. The van der Waals surface area contributed by atoms with E-state index in [4.69, 9.17) is 32.7 Å². The maximum Gasteiger partial charge on any atom is 0.335 e. The van der Waals surface area contributed by atoms with E-state index in [2.05, 4.69) is 10.6 Å². The first-order valence-corrected chi connectivity index (χ1v) is 13.7. The number of benzene rings is 4. The fourth-order valence-electron chi connectivity index (χ4n) is 4.15. The van der Waals surface area contributed by atoms with Gasteiger partial charge in [0.05, 0.1) is 15.7 Å². The number of para-hydroxylation sites is 1. The zero-order valence-corrected chi connectivity index (χ0v) is 23.9. The average Bonchev–Trinajstić information content (AvgIpc) is 2.99. The molecular formula is C32H23Cl2N3O6. The summed E-state index contributed by atoms with van der Waals surface area (Å²) in [5, 5.41) is 4.96. The van der Waals surface area contributed by atoms with Crippen molar-refractivity contribution in [3.63, 3.8) is 0 Å². The summed E-state index contributed by atoms with van der Waals surface area (Å²) in [6, 6.07) is 26.7. The maximum atomic E-state index is 13.3. The minimum atomic E-state index is -0.890. The minimum Gasteiger partial charge on any atom is -0.489 e. The van der Waals surface area contributed by atoms with Crippen molar-refractivity contribution in [1.29, 1.82) is 0 Å². The average molecular weight is 616 g/mol. The second-order valence-electron chi connectivity index (χ2n) is 9.24. The van der Waals surface area contributed by atoms with E-state index < -0.39 is 23.8 Å². The Kier molecular flexibility index (Phi) is 9.05. The lowest BCUT2D eigenvalue weighted by molar-refractivity contribution is -0.122. The van der Waals surface area contributed by atoms with Crippen LogP contribution in [0.5, 0.6) is 11.5 Å². The number of urea groups is 1. The molecule has 1 fully saturated rings. The number of hydrogen-bond acceptors (Lipinski definition) is 6. The van der Waals surface area contributed by atoms with Crippen molar-refractivity contribution in [3.8, 4) is 11.5 Å². The highest BCUT2D eigenvalue weighted by atomic mass is 35.5. The Labute approximate surface area is 256 Å². The van der Waals surface area contributed by atoms with Crippen LogP contribution in [0.1, 0.15) is 11.1 Å². The summed E-state index contributed by atoms with van der Waals surface area (Å²) in [6.07, 6.45) is 1.26. The molecule has 5 amide bonds. The first-order chi connectivity index (χ1) is 20.8. The molecule has 4 aromatic carbocycles. The van der Waals surface area contributed by atoms with E-state index >= 15 is 0 Å². The van der Waals surface area contributed by atoms with Gasteiger partial charge >= 0.3 is 6.03 Å². The summed E-state index contributed by atoms with van der Waals surface area (Å²) in [5.74, 6) is -1.54. The van der Waals surface area contributed by atoms with Crippen LogP contribution in [-0.2, 0) is 21.0 Å². The van der Waals surface area contributed by atoms with E-state index in [0.29, 0.717) is 23.6 Å². The van der Waals surface area contributed by atoms with Gasteiger partial charge in [-0.1, -0.05) is 71.7 Å². The highest BCUT2D eigenvalue weighted by molar-refractivity contribution is 6.40. The third-order valence-electron chi connectivity index (χ3n) is 6.18. The second-order valence-corrected chi connectivity index (χ2v) is 10.1. The van der Waals surface area contributed by atoms with Crippen LogP contribution in [0, 0.1) is 0 Å². The Bertz CT molecular complexity index is 1690. The van der Waals surface area contributed by atoms with Crippen LogP contribution in [0.4, 0.5) is 16.2 Å². The first-order valence-electron chi connectivity index (χ1n) is 12.9. The third-order valence-corrected chi connectivity index (χ3v) is 6.74. The summed E-state index contributed by atoms with van der Waals surface area (Å²) in [5.41, 5.74) is 1.81. The van der Waals surface area contributed by atoms with Crippen molar-refractivity contribution in [2.45, 2.75) is 6.61 Å². The standard InChI is InChI=1S/C32H23Cl2N3O6/c33-26-16-21(17-27(34)29(26)43-19-28(38)35-22-9-5-2-6-10-22)15-25-30(39)36-32(41)37(31(25)40)23-11-13-24(14-12-23)42-18-20-7-3-1-4-8-20/h1-17H,18-19H2,(H,35,38)(H,36,39,41)/b25-15-. The normalized spacial score (nSPS) is 14.0. The van der Waals surface area contributed by atoms with E-state index in [1.807, 2.05) is 36.4 Å². The molecule has 1 saturated heterocycles. The Morgan fingerprint density at radius 2 is 1.47 bits per heavy atom. The molecule has 5 rings (SSSR count). The quantitative estimate of drug-likeness (QED) is 0.170.